The van der Waals surface area contributed by atoms with Gasteiger partial charge in [-0.1, -0.05) is 12.1 Å². The molecule has 5 nitrogen and oxygen atoms in total. The summed E-state index contributed by atoms with van der Waals surface area (Å²) >= 11 is 0. The molecule has 0 saturated heterocycles. The van der Waals surface area contributed by atoms with E-state index in [2.05, 4.69) is 10.1 Å². The summed E-state index contributed by atoms with van der Waals surface area (Å²) in [5.74, 6) is 0.251. The Morgan fingerprint density at radius 1 is 1.17 bits per heavy atom. The van der Waals surface area contributed by atoms with E-state index in [0.717, 1.165) is 5.56 Å². The van der Waals surface area contributed by atoms with Crippen molar-refractivity contribution in [1.29, 1.82) is 0 Å². The number of anilines is 1. The van der Waals surface area contributed by atoms with Crippen LogP contribution in [0.2, 0.25) is 0 Å². The predicted molar refractivity (Wildman–Crippen MR) is 89.1 cm³/mol. The molecule has 0 aliphatic heterocycles. The van der Waals surface area contributed by atoms with Gasteiger partial charge < -0.3 is 14.2 Å². The van der Waals surface area contributed by atoms with Crippen LogP contribution in [-0.2, 0) is 11.3 Å². The van der Waals surface area contributed by atoms with Gasteiger partial charge >= 0.3 is 6.09 Å². The standard InChI is InChI=1S/C18H20FNO4/c1-4-23-16-7-5-6-15(20-18(21)22-3)13(16)11-24-17-9-8-12(2)10-14(17)19/h5-10H,4,11H2,1-3H3,(H,20,21). The first-order valence-electron chi connectivity index (χ1n) is 7.53. The van der Waals surface area contributed by atoms with E-state index in [0.29, 0.717) is 23.6 Å². The Balaban J connectivity index is 2.26. The van der Waals surface area contributed by atoms with Crippen molar-refractivity contribution in [3.8, 4) is 11.5 Å². The van der Waals surface area contributed by atoms with Gasteiger partial charge in [0.15, 0.2) is 11.6 Å². The zero-order chi connectivity index (χ0) is 17.5. The average molecular weight is 333 g/mol. The lowest BCUT2D eigenvalue weighted by atomic mass is 10.1. The summed E-state index contributed by atoms with van der Waals surface area (Å²) in [6.07, 6.45) is -0.605. The van der Waals surface area contributed by atoms with E-state index in [1.54, 1.807) is 37.3 Å². The van der Waals surface area contributed by atoms with Crippen LogP contribution in [0.25, 0.3) is 0 Å². The third kappa shape index (κ3) is 4.38. The molecule has 0 aromatic heterocycles. The van der Waals surface area contributed by atoms with Crippen molar-refractivity contribution in [2.75, 3.05) is 19.0 Å². The van der Waals surface area contributed by atoms with Crippen LogP contribution in [0, 0.1) is 12.7 Å². The van der Waals surface area contributed by atoms with Gasteiger partial charge in [0.25, 0.3) is 0 Å². The summed E-state index contributed by atoms with van der Waals surface area (Å²) in [7, 11) is 1.28. The van der Waals surface area contributed by atoms with Gasteiger partial charge in [-0.2, -0.15) is 0 Å². The molecule has 2 aromatic rings. The van der Waals surface area contributed by atoms with Crippen LogP contribution in [0.5, 0.6) is 11.5 Å². The molecule has 0 unspecified atom stereocenters. The molecule has 0 radical (unpaired) electrons. The van der Waals surface area contributed by atoms with Gasteiger partial charge in [0.1, 0.15) is 12.4 Å². The number of ether oxygens (including phenoxy) is 3. The van der Waals surface area contributed by atoms with Crippen LogP contribution in [0.4, 0.5) is 14.9 Å². The zero-order valence-electron chi connectivity index (χ0n) is 13.9. The van der Waals surface area contributed by atoms with Crippen molar-refractivity contribution in [2.45, 2.75) is 20.5 Å². The molecule has 1 N–H and O–H groups in total. The van der Waals surface area contributed by atoms with Crippen LogP contribution in [0.15, 0.2) is 36.4 Å². The minimum absolute atomic E-state index is 0.0372. The predicted octanol–water partition coefficient (Wildman–Crippen LogP) is 4.29. The summed E-state index contributed by atoms with van der Waals surface area (Å²) in [4.78, 5) is 11.5. The average Bonchev–Trinajstić information content (AvgIpc) is 2.56. The van der Waals surface area contributed by atoms with Crippen LogP contribution in [-0.4, -0.2) is 19.8 Å². The van der Waals surface area contributed by atoms with E-state index in [4.69, 9.17) is 9.47 Å². The minimum atomic E-state index is -0.605. The molecule has 128 valence electrons. The number of methoxy groups -OCH3 is 1. The summed E-state index contributed by atoms with van der Waals surface area (Å²) in [6.45, 7) is 4.14. The molecular weight excluding hydrogens is 313 g/mol. The van der Waals surface area contributed by atoms with Crippen molar-refractivity contribution in [3.05, 3.63) is 53.3 Å². The first kappa shape index (κ1) is 17.6. The van der Waals surface area contributed by atoms with Crippen LogP contribution in [0.1, 0.15) is 18.1 Å². The fourth-order valence-electron chi connectivity index (χ4n) is 2.16. The molecule has 0 fully saturated rings. The maximum atomic E-state index is 13.9. The zero-order valence-corrected chi connectivity index (χ0v) is 13.9. The molecule has 0 aliphatic carbocycles. The highest BCUT2D eigenvalue weighted by atomic mass is 19.1. The number of aryl methyl sites for hydroxylation is 1. The molecule has 2 rings (SSSR count). The van der Waals surface area contributed by atoms with E-state index in [1.807, 2.05) is 6.92 Å². The number of benzene rings is 2. The molecule has 0 spiro atoms. The van der Waals surface area contributed by atoms with Gasteiger partial charge in [0.2, 0.25) is 0 Å². The fourth-order valence-corrected chi connectivity index (χ4v) is 2.16. The van der Waals surface area contributed by atoms with E-state index in [1.165, 1.54) is 13.2 Å². The lowest BCUT2D eigenvalue weighted by Gasteiger charge is -2.16. The molecule has 0 atom stereocenters. The van der Waals surface area contributed by atoms with Gasteiger partial charge in [-0.05, 0) is 43.7 Å². The number of amides is 1. The second-order valence-electron chi connectivity index (χ2n) is 5.05. The Hall–Kier alpha value is -2.76. The molecule has 24 heavy (non-hydrogen) atoms. The highest BCUT2D eigenvalue weighted by Crippen LogP contribution is 2.29. The van der Waals surface area contributed by atoms with E-state index in [-0.39, 0.29) is 12.4 Å². The third-order valence-corrected chi connectivity index (χ3v) is 3.31. The number of halogens is 1. The Morgan fingerprint density at radius 2 is 1.96 bits per heavy atom. The van der Waals surface area contributed by atoms with Crippen molar-refractivity contribution in [1.82, 2.24) is 0 Å². The molecule has 0 aliphatic rings. The maximum Gasteiger partial charge on any atom is 0.411 e. The molecular formula is C18H20FNO4. The molecule has 0 saturated carbocycles. The van der Waals surface area contributed by atoms with Crippen molar-refractivity contribution in [3.63, 3.8) is 0 Å². The number of hydrogen-bond donors (Lipinski definition) is 1. The maximum absolute atomic E-state index is 13.9. The largest absolute Gasteiger partial charge is 0.493 e. The van der Waals surface area contributed by atoms with Gasteiger partial charge in [-0.15, -0.1) is 0 Å². The number of carbonyl (C=O) groups is 1. The molecule has 0 bridgehead atoms. The molecule has 1 amide bonds. The van der Waals surface area contributed by atoms with Crippen molar-refractivity contribution < 1.29 is 23.4 Å². The number of nitrogens with one attached hydrogen (secondary N) is 1. The minimum Gasteiger partial charge on any atom is -0.493 e. The van der Waals surface area contributed by atoms with Gasteiger partial charge in [0.05, 0.1) is 25.0 Å². The SMILES string of the molecule is CCOc1cccc(NC(=O)OC)c1COc1ccc(C)cc1F. The quantitative estimate of drug-likeness (QED) is 0.857. The normalized spacial score (nSPS) is 10.2. The Labute approximate surface area is 140 Å². The lowest BCUT2D eigenvalue weighted by Crippen LogP contribution is -2.14. The highest BCUT2D eigenvalue weighted by molar-refractivity contribution is 5.86. The second kappa shape index (κ2) is 8.19. The van der Waals surface area contributed by atoms with E-state index in [9.17, 15) is 9.18 Å². The van der Waals surface area contributed by atoms with Gasteiger partial charge in [-0.25, -0.2) is 9.18 Å². The molecule has 0 heterocycles. The number of carbonyl (C=O) groups excluding carboxylic acids is 1. The number of hydrogen-bond acceptors (Lipinski definition) is 4. The Kier molecular flexibility index (Phi) is 6.01. The highest BCUT2D eigenvalue weighted by Gasteiger charge is 2.14. The van der Waals surface area contributed by atoms with Crippen molar-refractivity contribution >= 4 is 11.8 Å². The molecule has 6 heteroatoms. The first-order valence-corrected chi connectivity index (χ1v) is 7.53. The van der Waals surface area contributed by atoms with Crippen LogP contribution < -0.4 is 14.8 Å². The summed E-state index contributed by atoms with van der Waals surface area (Å²) < 4.78 is 29.7. The Morgan fingerprint density at radius 3 is 2.62 bits per heavy atom. The third-order valence-electron chi connectivity index (χ3n) is 3.31. The lowest BCUT2D eigenvalue weighted by molar-refractivity contribution is 0.187. The summed E-state index contributed by atoms with van der Waals surface area (Å²) in [6, 6.07) is 9.94. The van der Waals surface area contributed by atoms with Crippen LogP contribution in [0.3, 0.4) is 0 Å². The van der Waals surface area contributed by atoms with Crippen molar-refractivity contribution in [2.24, 2.45) is 0 Å². The second-order valence-corrected chi connectivity index (χ2v) is 5.05. The fraction of sp³-hybridized carbons (Fsp3) is 0.278. The van der Waals surface area contributed by atoms with Crippen LogP contribution >= 0.6 is 0 Å². The van der Waals surface area contributed by atoms with E-state index >= 15 is 0 Å². The first-order chi connectivity index (χ1) is 11.5. The molecule has 2 aromatic carbocycles. The van der Waals surface area contributed by atoms with E-state index < -0.39 is 11.9 Å². The topological polar surface area (TPSA) is 56.8 Å². The summed E-state index contributed by atoms with van der Waals surface area (Å²) in [5, 5.41) is 2.60. The van der Waals surface area contributed by atoms with Gasteiger partial charge in [0, 0.05) is 0 Å². The smallest absolute Gasteiger partial charge is 0.411 e. The Bertz CT molecular complexity index is 718. The van der Waals surface area contributed by atoms with Gasteiger partial charge in [-0.3, -0.25) is 5.32 Å². The monoisotopic (exact) mass is 333 g/mol. The summed E-state index contributed by atoms with van der Waals surface area (Å²) in [5.41, 5.74) is 1.90. The number of rotatable bonds is 6.